The topological polar surface area (TPSA) is 76.5 Å². The summed E-state index contributed by atoms with van der Waals surface area (Å²) in [6, 6.07) is 13.5. The molecule has 1 unspecified atom stereocenters. The second kappa shape index (κ2) is 15.7. The molecule has 0 amide bonds. The number of alkyl halides is 1. The normalized spacial score (nSPS) is 17.1. The summed E-state index contributed by atoms with van der Waals surface area (Å²) in [5.74, 6) is 6.14. The number of nitrogens with zero attached hydrogens (tertiary/aromatic N) is 1. The number of likely N-dealkylation sites (tertiary alicyclic amines) is 1. The van der Waals surface area contributed by atoms with Gasteiger partial charge in [-0.1, -0.05) is 50.3 Å². The Morgan fingerprint density at radius 3 is 2.53 bits per heavy atom. The zero-order valence-electron chi connectivity index (χ0n) is 21.7. The van der Waals surface area contributed by atoms with Gasteiger partial charge < -0.3 is 15.9 Å². The Bertz CT molecular complexity index is 998. The highest BCUT2D eigenvalue weighted by molar-refractivity contribution is 7.80. The highest BCUT2D eigenvalue weighted by atomic mass is 32.1. The summed E-state index contributed by atoms with van der Waals surface area (Å²) < 4.78 is 33.7. The predicted octanol–water partition coefficient (Wildman–Crippen LogP) is 5.30. The summed E-state index contributed by atoms with van der Waals surface area (Å²) in [6.07, 6.45) is 3.55. The fourth-order valence-electron chi connectivity index (χ4n) is 4.56. The molecule has 2 aliphatic rings. The van der Waals surface area contributed by atoms with Gasteiger partial charge in [-0.3, -0.25) is 9.29 Å². The van der Waals surface area contributed by atoms with Gasteiger partial charge in [-0.15, -0.1) is 0 Å². The second-order valence-corrected chi connectivity index (χ2v) is 8.78. The summed E-state index contributed by atoms with van der Waals surface area (Å²) in [4.78, 5) is 2.71. The van der Waals surface area contributed by atoms with Gasteiger partial charge in [0.2, 0.25) is 0 Å². The molecule has 36 heavy (non-hydrogen) atoms. The van der Waals surface area contributed by atoms with Crippen LogP contribution in [0, 0.1) is 0 Å². The van der Waals surface area contributed by atoms with E-state index in [0.717, 1.165) is 66.9 Å². The smallest absolute Gasteiger partial charge is 0.120 e. The van der Waals surface area contributed by atoms with E-state index in [4.69, 9.17) is 22.8 Å². The number of thiocarbonyl (C=S) groups is 1. The summed E-state index contributed by atoms with van der Waals surface area (Å²) in [5, 5.41) is 0. The number of fused-ring (bicyclic) bond motifs is 1. The van der Waals surface area contributed by atoms with Gasteiger partial charge in [0.1, 0.15) is 22.7 Å². The number of hydrogen-bond acceptors (Lipinski definition) is 5. The zero-order valence-corrected chi connectivity index (χ0v) is 22.5. The van der Waals surface area contributed by atoms with E-state index in [9.17, 15) is 4.39 Å². The highest BCUT2D eigenvalue weighted by Gasteiger charge is 2.24. The minimum absolute atomic E-state index is 0.0935. The lowest BCUT2D eigenvalue weighted by atomic mass is 9.92. The Morgan fingerprint density at radius 2 is 1.86 bits per heavy atom. The number of aryl methyl sites for hydroxylation is 1. The number of nitrogens with one attached hydrogen (secondary N) is 1. The molecule has 0 bridgehead atoms. The molecular formula is C28H40F2N4OS. The van der Waals surface area contributed by atoms with Crippen molar-refractivity contribution < 1.29 is 13.5 Å². The molecule has 5 N–H and O–H groups in total. The quantitative estimate of drug-likeness (QED) is 0.262. The van der Waals surface area contributed by atoms with Gasteiger partial charge in [0.25, 0.3) is 0 Å². The molecule has 1 aliphatic heterocycles. The van der Waals surface area contributed by atoms with Crippen molar-refractivity contribution in [1.82, 2.24) is 10.3 Å². The largest absolute Gasteiger partial charge is 0.489 e. The average Bonchev–Trinajstić information content (AvgIpc) is 3.30. The first-order chi connectivity index (χ1) is 17.6. The third-order valence-corrected chi connectivity index (χ3v) is 6.52. The van der Waals surface area contributed by atoms with Crippen LogP contribution < -0.4 is 21.7 Å². The Labute approximate surface area is 219 Å². The van der Waals surface area contributed by atoms with Crippen LogP contribution in [0.2, 0.25) is 0 Å². The van der Waals surface area contributed by atoms with Crippen molar-refractivity contribution >= 4 is 22.8 Å². The molecule has 0 aromatic heterocycles. The van der Waals surface area contributed by atoms with Crippen molar-refractivity contribution in [1.29, 1.82) is 0 Å². The molecule has 8 heteroatoms. The van der Waals surface area contributed by atoms with Crippen molar-refractivity contribution in [2.24, 2.45) is 11.6 Å². The van der Waals surface area contributed by atoms with Gasteiger partial charge in [0, 0.05) is 37.2 Å². The van der Waals surface area contributed by atoms with Crippen molar-refractivity contribution in [3.05, 3.63) is 70.5 Å². The van der Waals surface area contributed by atoms with E-state index in [1.807, 2.05) is 56.3 Å². The van der Waals surface area contributed by atoms with Crippen molar-refractivity contribution in [2.75, 3.05) is 33.4 Å². The fraction of sp³-hybridized carbons (Fsp3) is 0.464. The Morgan fingerprint density at radius 1 is 1.14 bits per heavy atom. The van der Waals surface area contributed by atoms with Crippen LogP contribution in [-0.4, -0.2) is 49.3 Å². The van der Waals surface area contributed by atoms with Crippen LogP contribution in [0.1, 0.15) is 61.8 Å². The highest BCUT2D eigenvalue weighted by Crippen LogP contribution is 2.37. The van der Waals surface area contributed by atoms with E-state index >= 15 is 4.39 Å². The molecule has 2 aromatic rings. The number of hydrogen-bond donors (Lipinski definition) is 3. The van der Waals surface area contributed by atoms with Crippen LogP contribution >= 0.6 is 12.2 Å². The number of nitrogens with two attached hydrogens (primary N) is 2. The molecular weight excluding hydrogens is 478 g/mol. The monoisotopic (exact) mass is 518 g/mol. The average molecular weight is 519 g/mol. The maximum atomic E-state index is 15.1. The summed E-state index contributed by atoms with van der Waals surface area (Å²) in [6.45, 7) is 6.24. The van der Waals surface area contributed by atoms with Crippen LogP contribution in [0.5, 0.6) is 5.75 Å². The lowest BCUT2D eigenvalue weighted by molar-refractivity contribution is 0.198. The molecule has 4 rings (SSSR count). The fourth-order valence-corrected chi connectivity index (χ4v) is 4.69. The van der Waals surface area contributed by atoms with Crippen LogP contribution in [0.3, 0.4) is 0 Å². The number of ether oxygens (including phenoxy) is 1. The molecule has 1 atom stereocenters. The lowest BCUT2D eigenvalue weighted by Crippen LogP contribution is -2.29. The maximum Gasteiger partial charge on any atom is 0.120 e. The molecule has 1 fully saturated rings. The van der Waals surface area contributed by atoms with Crippen LogP contribution in [0.4, 0.5) is 8.78 Å². The first-order valence-electron chi connectivity index (χ1n) is 12.7. The summed E-state index contributed by atoms with van der Waals surface area (Å²) >= 11 is 5.25. The molecule has 198 valence electrons. The molecule has 1 aliphatic carbocycles. The second-order valence-electron chi connectivity index (χ2n) is 8.37. The Hall–Kier alpha value is -2.39. The third kappa shape index (κ3) is 7.80. The number of hydrazine groups is 1. The molecule has 1 saturated heterocycles. The van der Waals surface area contributed by atoms with E-state index in [0.29, 0.717) is 23.4 Å². The number of halogens is 2. The first-order valence-corrected chi connectivity index (χ1v) is 13.2. The van der Waals surface area contributed by atoms with E-state index < -0.39 is 0 Å². The zero-order chi connectivity index (χ0) is 26.5. The van der Waals surface area contributed by atoms with Gasteiger partial charge in [-0.05, 0) is 67.6 Å². The van der Waals surface area contributed by atoms with Crippen molar-refractivity contribution in [3.63, 3.8) is 0 Å². The van der Waals surface area contributed by atoms with E-state index in [1.54, 1.807) is 0 Å². The van der Waals surface area contributed by atoms with Gasteiger partial charge in [0.15, 0.2) is 0 Å². The molecule has 5 nitrogen and oxygen atoms in total. The van der Waals surface area contributed by atoms with Crippen LogP contribution in [0.25, 0.3) is 5.57 Å². The van der Waals surface area contributed by atoms with Crippen LogP contribution in [0.15, 0.2) is 48.3 Å². The first kappa shape index (κ1) is 29.8. The van der Waals surface area contributed by atoms with Gasteiger partial charge >= 0.3 is 0 Å². The number of allylic oxidation sites excluding steroid dienone is 1. The molecule has 0 radical (unpaired) electrons. The van der Waals surface area contributed by atoms with E-state index in [2.05, 4.69) is 16.1 Å². The van der Waals surface area contributed by atoms with E-state index in [1.165, 1.54) is 7.05 Å². The maximum absolute atomic E-state index is 15.1. The lowest BCUT2D eigenvalue weighted by Gasteiger charge is -2.17. The third-order valence-electron chi connectivity index (χ3n) is 6.16. The Kier molecular flexibility index (Phi) is 13.0. The van der Waals surface area contributed by atoms with Crippen molar-refractivity contribution in [2.45, 2.75) is 52.1 Å². The van der Waals surface area contributed by atoms with E-state index in [-0.39, 0.29) is 18.6 Å². The van der Waals surface area contributed by atoms with Gasteiger partial charge in [-0.2, -0.15) is 0 Å². The minimum atomic E-state index is -0.281. The molecule has 2 aromatic carbocycles. The standard InChI is InChI=1S/C25H29F2N3OS.C2H6.CH5N/c26-12-2-13-30-14-11-21(16-30)31-20-8-5-17(6-9-20)24-22-10-7-19(25(32)29-28)15-18(22)3-1-4-23(24)27;2*1-2/h5-10,15,21H,1-4,11-14,16,28H2,(H,29,32);1-2H3;2H2,1H3. The molecule has 0 spiro atoms. The van der Waals surface area contributed by atoms with Crippen molar-refractivity contribution in [3.8, 4) is 5.75 Å². The summed E-state index contributed by atoms with van der Waals surface area (Å²) in [7, 11) is 1.50. The van der Waals surface area contributed by atoms with Gasteiger partial charge in [0.05, 0.1) is 6.67 Å². The molecule has 1 heterocycles. The van der Waals surface area contributed by atoms with Gasteiger partial charge in [-0.25, -0.2) is 10.2 Å². The predicted molar refractivity (Wildman–Crippen MR) is 149 cm³/mol. The Balaban J connectivity index is 0.00000109. The van der Waals surface area contributed by atoms with Crippen LogP contribution in [-0.2, 0) is 6.42 Å². The number of benzene rings is 2. The summed E-state index contributed by atoms with van der Waals surface area (Å²) in [5.41, 5.74) is 11.3. The minimum Gasteiger partial charge on any atom is -0.489 e. The molecule has 0 saturated carbocycles. The SMILES string of the molecule is CC.CN.NNC(=S)c1ccc2c(c1)CCCC(F)=C2c1ccc(OC2CCN(CCCF)C2)cc1. The number of rotatable bonds is 7.